The van der Waals surface area contributed by atoms with E-state index in [1.165, 1.54) is 5.56 Å². The van der Waals surface area contributed by atoms with Crippen LogP contribution in [0.5, 0.6) is 5.75 Å². The quantitative estimate of drug-likeness (QED) is 0.871. The van der Waals surface area contributed by atoms with E-state index in [4.69, 9.17) is 10.5 Å². The molecule has 2 N–H and O–H groups in total. The Hall–Kier alpha value is -1.59. The number of carbonyl (C=O) groups excluding carboxylic acids is 1. The maximum Gasteiger partial charge on any atom is 0.239 e. The van der Waals surface area contributed by atoms with Gasteiger partial charge in [-0.25, -0.2) is 0 Å². The molecule has 2 atom stereocenters. The average molecular weight is 319 g/mol. The highest BCUT2D eigenvalue weighted by Gasteiger charge is 2.27. The highest BCUT2D eigenvalue weighted by molar-refractivity contribution is 5.81. The summed E-state index contributed by atoms with van der Waals surface area (Å²) in [4.78, 5) is 16.6. The molecule has 1 aliphatic heterocycles. The molecule has 23 heavy (non-hydrogen) atoms. The fourth-order valence-electron chi connectivity index (χ4n) is 3.11. The SMILES string of the molecule is CCC[C@H](N)C(=O)N1CCN([C@H](C)c2cccc(OC)c2)CC1. The molecule has 0 radical (unpaired) electrons. The molecule has 1 heterocycles. The first-order chi connectivity index (χ1) is 11.1. The Labute approximate surface area is 139 Å². The molecule has 1 amide bonds. The van der Waals surface area contributed by atoms with Crippen molar-refractivity contribution >= 4 is 5.91 Å². The molecule has 1 fully saturated rings. The van der Waals surface area contributed by atoms with Gasteiger partial charge in [-0.3, -0.25) is 9.69 Å². The van der Waals surface area contributed by atoms with Gasteiger partial charge in [-0.15, -0.1) is 0 Å². The molecule has 1 aromatic carbocycles. The first-order valence-corrected chi connectivity index (χ1v) is 8.49. The van der Waals surface area contributed by atoms with Gasteiger partial charge < -0.3 is 15.4 Å². The van der Waals surface area contributed by atoms with Crippen LogP contribution in [0.2, 0.25) is 0 Å². The Balaban J connectivity index is 1.91. The van der Waals surface area contributed by atoms with Crippen molar-refractivity contribution in [1.82, 2.24) is 9.80 Å². The fourth-order valence-corrected chi connectivity index (χ4v) is 3.11. The first-order valence-electron chi connectivity index (χ1n) is 8.49. The predicted molar refractivity (Wildman–Crippen MR) is 92.4 cm³/mol. The molecular formula is C18H29N3O2. The molecule has 1 aromatic rings. The zero-order valence-electron chi connectivity index (χ0n) is 14.5. The number of nitrogens with two attached hydrogens (primary N) is 1. The third kappa shape index (κ3) is 4.45. The summed E-state index contributed by atoms with van der Waals surface area (Å²) < 4.78 is 5.30. The Morgan fingerprint density at radius 1 is 1.30 bits per heavy atom. The molecule has 0 spiro atoms. The van der Waals surface area contributed by atoms with Gasteiger partial charge in [-0.2, -0.15) is 0 Å². The van der Waals surface area contributed by atoms with E-state index < -0.39 is 0 Å². The number of hydrogen-bond donors (Lipinski definition) is 1. The largest absolute Gasteiger partial charge is 0.497 e. The molecule has 1 aliphatic rings. The van der Waals surface area contributed by atoms with Gasteiger partial charge in [-0.1, -0.05) is 25.5 Å². The van der Waals surface area contributed by atoms with Crippen molar-refractivity contribution in [2.24, 2.45) is 5.73 Å². The van der Waals surface area contributed by atoms with Crippen molar-refractivity contribution in [3.63, 3.8) is 0 Å². The van der Waals surface area contributed by atoms with Crippen LogP contribution in [-0.2, 0) is 4.79 Å². The molecule has 5 nitrogen and oxygen atoms in total. The van der Waals surface area contributed by atoms with Crippen molar-refractivity contribution < 1.29 is 9.53 Å². The summed E-state index contributed by atoms with van der Waals surface area (Å²) in [5.74, 6) is 0.981. The lowest BCUT2D eigenvalue weighted by atomic mass is 10.1. The molecule has 0 bridgehead atoms. The zero-order chi connectivity index (χ0) is 16.8. The van der Waals surface area contributed by atoms with Crippen molar-refractivity contribution in [3.05, 3.63) is 29.8 Å². The number of ether oxygens (including phenoxy) is 1. The number of methoxy groups -OCH3 is 1. The van der Waals surface area contributed by atoms with E-state index in [9.17, 15) is 4.79 Å². The molecule has 128 valence electrons. The highest BCUT2D eigenvalue weighted by Crippen LogP contribution is 2.25. The van der Waals surface area contributed by atoms with E-state index >= 15 is 0 Å². The lowest BCUT2D eigenvalue weighted by Crippen LogP contribution is -2.53. The maximum absolute atomic E-state index is 12.3. The van der Waals surface area contributed by atoms with Gasteiger partial charge in [0.25, 0.3) is 0 Å². The number of amides is 1. The van der Waals surface area contributed by atoms with E-state index in [2.05, 4.69) is 30.9 Å². The normalized spacial score (nSPS) is 18.5. The van der Waals surface area contributed by atoms with Crippen molar-refractivity contribution in [3.8, 4) is 5.75 Å². The van der Waals surface area contributed by atoms with Crippen LogP contribution in [0.1, 0.15) is 38.3 Å². The molecular weight excluding hydrogens is 290 g/mol. The van der Waals surface area contributed by atoms with Crippen molar-refractivity contribution in [2.45, 2.75) is 38.8 Å². The minimum absolute atomic E-state index is 0.0977. The van der Waals surface area contributed by atoms with E-state index in [1.54, 1.807) is 7.11 Å². The number of piperazine rings is 1. The second kappa shape index (κ2) is 8.31. The maximum atomic E-state index is 12.3. The molecule has 2 rings (SSSR count). The standard InChI is InChI=1S/C18H29N3O2/c1-4-6-17(19)18(22)21-11-9-20(10-12-21)14(2)15-7-5-8-16(13-15)23-3/h5,7-8,13-14,17H,4,6,9-12,19H2,1-3H3/t14-,17+/m1/s1. The van der Waals surface area contributed by atoms with E-state index in [0.29, 0.717) is 6.04 Å². The molecule has 0 saturated carbocycles. The van der Waals surface area contributed by atoms with Crippen LogP contribution in [-0.4, -0.2) is 55.0 Å². The van der Waals surface area contributed by atoms with Crippen molar-refractivity contribution in [2.75, 3.05) is 33.3 Å². The van der Waals surface area contributed by atoms with Crippen LogP contribution in [0.15, 0.2) is 24.3 Å². The lowest BCUT2D eigenvalue weighted by molar-refractivity contribution is -0.134. The van der Waals surface area contributed by atoms with Crippen molar-refractivity contribution in [1.29, 1.82) is 0 Å². The second-order valence-electron chi connectivity index (χ2n) is 6.21. The van der Waals surface area contributed by atoms with E-state index in [0.717, 1.165) is 44.8 Å². The number of hydrogen-bond acceptors (Lipinski definition) is 4. The number of carbonyl (C=O) groups is 1. The van der Waals surface area contributed by atoms with Crippen LogP contribution >= 0.6 is 0 Å². The zero-order valence-corrected chi connectivity index (χ0v) is 14.5. The Kier molecular flexibility index (Phi) is 6.42. The monoisotopic (exact) mass is 319 g/mol. The summed E-state index contributed by atoms with van der Waals surface area (Å²) in [6.45, 7) is 7.52. The second-order valence-corrected chi connectivity index (χ2v) is 6.21. The molecule has 1 saturated heterocycles. The topological polar surface area (TPSA) is 58.8 Å². The Morgan fingerprint density at radius 3 is 2.61 bits per heavy atom. The number of nitrogens with zero attached hydrogens (tertiary/aromatic N) is 2. The van der Waals surface area contributed by atoms with E-state index in [-0.39, 0.29) is 11.9 Å². The van der Waals surface area contributed by atoms with Gasteiger partial charge in [0.1, 0.15) is 5.75 Å². The van der Waals surface area contributed by atoms with Gasteiger partial charge in [-0.05, 0) is 31.0 Å². The molecule has 5 heteroatoms. The summed E-state index contributed by atoms with van der Waals surface area (Å²) in [5, 5.41) is 0. The van der Waals surface area contributed by atoms with Gasteiger partial charge >= 0.3 is 0 Å². The average Bonchev–Trinajstić information content (AvgIpc) is 2.60. The minimum Gasteiger partial charge on any atom is -0.497 e. The minimum atomic E-state index is -0.345. The Bertz CT molecular complexity index is 513. The molecule has 0 aromatic heterocycles. The van der Waals surface area contributed by atoms with Gasteiger partial charge in [0.15, 0.2) is 0 Å². The predicted octanol–water partition coefficient (Wildman–Crippen LogP) is 2.03. The van der Waals surface area contributed by atoms with Crippen LogP contribution in [0, 0.1) is 0 Å². The Morgan fingerprint density at radius 2 is 2.00 bits per heavy atom. The number of rotatable bonds is 6. The summed E-state index contributed by atoms with van der Waals surface area (Å²) in [7, 11) is 1.69. The smallest absolute Gasteiger partial charge is 0.239 e. The number of benzene rings is 1. The molecule has 0 aliphatic carbocycles. The summed E-state index contributed by atoms with van der Waals surface area (Å²) in [6, 6.07) is 8.16. The summed E-state index contributed by atoms with van der Waals surface area (Å²) >= 11 is 0. The summed E-state index contributed by atoms with van der Waals surface area (Å²) in [6.07, 6.45) is 1.71. The highest BCUT2D eigenvalue weighted by atomic mass is 16.5. The first kappa shape index (κ1) is 17.8. The fraction of sp³-hybridized carbons (Fsp3) is 0.611. The lowest BCUT2D eigenvalue weighted by Gasteiger charge is -2.39. The third-order valence-electron chi connectivity index (χ3n) is 4.67. The van der Waals surface area contributed by atoms with Crippen LogP contribution in [0.3, 0.4) is 0 Å². The summed E-state index contributed by atoms with van der Waals surface area (Å²) in [5.41, 5.74) is 7.20. The van der Waals surface area contributed by atoms with E-state index in [1.807, 2.05) is 17.0 Å². The van der Waals surface area contributed by atoms with Crippen LogP contribution in [0.4, 0.5) is 0 Å². The van der Waals surface area contributed by atoms with Gasteiger partial charge in [0.05, 0.1) is 13.2 Å². The van der Waals surface area contributed by atoms with Crippen LogP contribution < -0.4 is 10.5 Å². The third-order valence-corrected chi connectivity index (χ3v) is 4.67. The van der Waals surface area contributed by atoms with Crippen LogP contribution in [0.25, 0.3) is 0 Å². The van der Waals surface area contributed by atoms with Gasteiger partial charge in [0.2, 0.25) is 5.91 Å². The molecule has 0 unspecified atom stereocenters. The van der Waals surface area contributed by atoms with Gasteiger partial charge in [0, 0.05) is 32.2 Å².